The topological polar surface area (TPSA) is 98.1 Å². The van der Waals surface area contributed by atoms with Crippen LogP contribution in [0.15, 0.2) is 42.9 Å². The van der Waals surface area contributed by atoms with E-state index in [0.717, 1.165) is 12.1 Å². The minimum absolute atomic E-state index is 0.122. The lowest BCUT2D eigenvalue weighted by Crippen LogP contribution is -2.32. The van der Waals surface area contributed by atoms with E-state index in [9.17, 15) is 18.4 Å². The third kappa shape index (κ3) is 4.90. The second-order valence-electron chi connectivity index (χ2n) is 7.58. The molecule has 2 amide bonds. The van der Waals surface area contributed by atoms with Gasteiger partial charge in [-0.05, 0) is 18.6 Å². The van der Waals surface area contributed by atoms with Gasteiger partial charge in [0.1, 0.15) is 17.3 Å². The van der Waals surface area contributed by atoms with Crippen molar-refractivity contribution in [1.29, 1.82) is 0 Å². The number of amides is 2. The Morgan fingerprint density at radius 3 is 2.79 bits per heavy atom. The first kappa shape index (κ1) is 22.5. The number of halogens is 2. The second kappa shape index (κ2) is 9.86. The summed E-state index contributed by atoms with van der Waals surface area (Å²) in [4.78, 5) is 34.3. The number of hydrogen-bond acceptors (Lipinski definition) is 5. The molecule has 1 aromatic carbocycles. The lowest BCUT2D eigenvalue weighted by molar-refractivity contribution is 0.0775. The number of carbonyl (C=O) groups excluding carboxylic acids is 2. The van der Waals surface area contributed by atoms with Crippen molar-refractivity contribution in [2.24, 2.45) is 0 Å². The lowest BCUT2D eigenvalue weighted by Gasteiger charge is -2.21. The second-order valence-corrected chi connectivity index (χ2v) is 7.58. The van der Waals surface area contributed by atoms with E-state index < -0.39 is 17.5 Å². The van der Waals surface area contributed by atoms with Crippen LogP contribution in [0.4, 0.5) is 8.78 Å². The van der Waals surface area contributed by atoms with Gasteiger partial charge in [-0.1, -0.05) is 13.0 Å². The maximum atomic E-state index is 13.9. The van der Waals surface area contributed by atoms with Crippen LogP contribution in [0.2, 0.25) is 0 Å². The summed E-state index contributed by atoms with van der Waals surface area (Å²) in [5.41, 5.74) is 1.96. The van der Waals surface area contributed by atoms with E-state index in [0.29, 0.717) is 36.7 Å². The molecule has 0 saturated carbocycles. The Hall–Kier alpha value is -3.66. The number of aromatic nitrogens is 3. The highest BCUT2D eigenvalue weighted by Crippen LogP contribution is 2.23. The van der Waals surface area contributed by atoms with E-state index >= 15 is 0 Å². The molecule has 0 unspecified atom stereocenters. The molecule has 1 aliphatic rings. The normalized spacial score (nSPS) is 13.8. The fourth-order valence-electron chi connectivity index (χ4n) is 3.75. The first-order chi connectivity index (χ1) is 16.0. The first-order valence-electron chi connectivity index (χ1n) is 10.6. The number of rotatable bonds is 7. The quantitative estimate of drug-likeness (QED) is 0.571. The smallest absolute Gasteiger partial charge is 0.268 e. The summed E-state index contributed by atoms with van der Waals surface area (Å²) in [6, 6.07) is 4.34. The minimum atomic E-state index is -0.743. The van der Waals surface area contributed by atoms with Crippen molar-refractivity contribution in [1.82, 2.24) is 25.2 Å². The summed E-state index contributed by atoms with van der Waals surface area (Å²) in [6.45, 7) is 2.80. The van der Waals surface area contributed by atoms with E-state index in [1.54, 1.807) is 23.2 Å². The molecule has 2 aromatic heterocycles. The summed E-state index contributed by atoms with van der Waals surface area (Å²) in [7, 11) is 0. The summed E-state index contributed by atoms with van der Waals surface area (Å²) in [6.07, 6.45) is 5.33. The van der Waals surface area contributed by atoms with Crippen molar-refractivity contribution in [3.8, 4) is 0 Å². The van der Waals surface area contributed by atoms with Gasteiger partial charge in [0.05, 0.1) is 42.4 Å². The molecule has 3 heterocycles. The summed E-state index contributed by atoms with van der Waals surface area (Å²) in [5.74, 6) is -2.26. The van der Waals surface area contributed by atoms with Gasteiger partial charge in [-0.15, -0.1) is 0 Å². The zero-order chi connectivity index (χ0) is 23.4. The zero-order valence-corrected chi connectivity index (χ0v) is 18.0. The molecule has 0 spiro atoms. The summed E-state index contributed by atoms with van der Waals surface area (Å²) >= 11 is 0. The van der Waals surface area contributed by atoms with Crippen molar-refractivity contribution >= 4 is 11.8 Å². The highest BCUT2D eigenvalue weighted by Gasteiger charge is 2.27. The number of fused-ring (bicyclic) bond motifs is 1. The van der Waals surface area contributed by atoms with Gasteiger partial charge in [0.15, 0.2) is 0 Å². The van der Waals surface area contributed by atoms with Gasteiger partial charge in [-0.2, -0.15) is 0 Å². The highest BCUT2D eigenvalue weighted by atomic mass is 19.1. The average Bonchev–Trinajstić information content (AvgIpc) is 3.22. The van der Waals surface area contributed by atoms with E-state index in [2.05, 4.69) is 20.6 Å². The summed E-state index contributed by atoms with van der Waals surface area (Å²) in [5, 5.41) is 5.59. The molecule has 2 N–H and O–H groups in total. The largest absolute Gasteiger partial charge is 0.373 e. The van der Waals surface area contributed by atoms with Crippen LogP contribution < -0.4 is 10.6 Å². The van der Waals surface area contributed by atoms with Gasteiger partial charge in [0.2, 0.25) is 0 Å². The molecule has 1 atom stereocenters. The highest BCUT2D eigenvalue weighted by molar-refractivity contribution is 6.00. The Morgan fingerprint density at radius 2 is 2.06 bits per heavy atom. The van der Waals surface area contributed by atoms with E-state index in [1.807, 2.05) is 6.92 Å². The molecular weight excluding hydrogens is 432 g/mol. The number of nitrogens with zero attached hydrogens (tertiary/aromatic N) is 3. The van der Waals surface area contributed by atoms with Crippen molar-refractivity contribution in [3.05, 3.63) is 82.7 Å². The molecule has 172 valence electrons. The molecule has 0 bridgehead atoms. The van der Waals surface area contributed by atoms with Gasteiger partial charge in [0.25, 0.3) is 11.8 Å². The molecule has 0 fully saturated rings. The Bertz CT molecular complexity index is 1170. The Kier molecular flexibility index (Phi) is 6.74. The predicted octanol–water partition coefficient (Wildman–Crippen LogP) is 2.90. The molecule has 1 aliphatic heterocycles. The number of benzene rings is 1. The van der Waals surface area contributed by atoms with Gasteiger partial charge >= 0.3 is 0 Å². The van der Waals surface area contributed by atoms with E-state index in [-0.39, 0.29) is 36.2 Å². The van der Waals surface area contributed by atoms with Gasteiger partial charge in [0, 0.05) is 37.1 Å². The maximum absolute atomic E-state index is 13.9. The van der Waals surface area contributed by atoms with E-state index in [1.165, 1.54) is 12.1 Å². The molecule has 0 radical (unpaired) electrons. The molecule has 8 nitrogen and oxygen atoms in total. The van der Waals surface area contributed by atoms with Crippen LogP contribution in [0.3, 0.4) is 0 Å². The Labute approximate surface area is 189 Å². The fourth-order valence-corrected chi connectivity index (χ4v) is 3.75. The number of nitrogens with one attached hydrogen (secondary N) is 2. The SMILES string of the molecule is CC[C@@H](NC(=O)c1cc(C(=O)NCc2ccc(F)cc2F)c2n1CCOC2)c1cnccn1. The van der Waals surface area contributed by atoms with Gasteiger partial charge < -0.3 is 19.9 Å². The molecule has 33 heavy (non-hydrogen) atoms. The van der Waals surface area contributed by atoms with Crippen LogP contribution in [0, 0.1) is 11.6 Å². The van der Waals surface area contributed by atoms with Crippen molar-refractivity contribution in [2.75, 3.05) is 6.61 Å². The Morgan fingerprint density at radius 1 is 1.21 bits per heavy atom. The average molecular weight is 455 g/mol. The molecule has 10 heteroatoms. The van der Waals surface area contributed by atoms with Crippen LogP contribution in [0.5, 0.6) is 0 Å². The molecule has 0 saturated heterocycles. The lowest BCUT2D eigenvalue weighted by atomic mass is 10.1. The number of ether oxygens (including phenoxy) is 1. The third-order valence-corrected chi connectivity index (χ3v) is 5.49. The van der Waals surface area contributed by atoms with Crippen LogP contribution >= 0.6 is 0 Å². The molecule has 4 rings (SSSR count). The molecular formula is C23H23F2N5O3. The van der Waals surface area contributed by atoms with E-state index in [4.69, 9.17) is 4.74 Å². The predicted molar refractivity (Wildman–Crippen MR) is 114 cm³/mol. The summed E-state index contributed by atoms with van der Waals surface area (Å²) < 4.78 is 34.3. The minimum Gasteiger partial charge on any atom is -0.373 e. The third-order valence-electron chi connectivity index (χ3n) is 5.49. The first-order valence-corrected chi connectivity index (χ1v) is 10.6. The van der Waals surface area contributed by atoms with Crippen molar-refractivity contribution < 1.29 is 23.1 Å². The van der Waals surface area contributed by atoms with Gasteiger partial charge in [-0.3, -0.25) is 19.6 Å². The van der Waals surface area contributed by atoms with Crippen LogP contribution in [0.1, 0.15) is 57.2 Å². The molecule has 3 aromatic rings. The zero-order valence-electron chi connectivity index (χ0n) is 18.0. The van der Waals surface area contributed by atoms with Crippen LogP contribution in [-0.4, -0.2) is 33.0 Å². The fraction of sp³-hybridized carbons (Fsp3) is 0.304. The maximum Gasteiger partial charge on any atom is 0.268 e. The number of hydrogen-bond donors (Lipinski definition) is 2. The van der Waals surface area contributed by atoms with Crippen molar-refractivity contribution in [2.45, 2.75) is 39.1 Å². The molecule has 0 aliphatic carbocycles. The van der Waals surface area contributed by atoms with Crippen LogP contribution in [-0.2, 0) is 24.4 Å². The number of carbonyl (C=O) groups is 2. The standard InChI is InChI=1S/C23H23F2N5O3/c1-2-18(19-12-26-5-6-27-19)29-23(32)20-10-16(21-13-33-8-7-30(20)21)22(31)28-11-14-3-4-15(24)9-17(14)25/h3-6,9-10,12,18H,2,7-8,11,13H2,1H3,(H,28,31)(H,29,32)/t18-/m1/s1. The Balaban J connectivity index is 1.54. The van der Waals surface area contributed by atoms with Gasteiger partial charge in [-0.25, -0.2) is 8.78 Å². The van der Waals surface area contributed by atoms with Crippen molar-refractivity contribution in [3.63, 3.8) is 0 Å². The monoisotopic (exact) mass is 455 g/mol. The van der Waals surface area contributed by atoms with Crippen LogP contribution in [0.25, 0.3) is 0 Å².